The second-order valence-corrected chi connectivity index (χ2v) is 6.79. The molecule has 0 saturated heterocycles. The highest BCUT2D eigenvalue weighted by Crippen LogP contribution is 2.31. The molecular formula is C18H11BrCl2N2O2. The molecule has 25 heavy (non-hydrogen) atoms. The third kappa shape index (κ3) is 4.51. The van der Waals surface area contributed by atoms with E-state index in [-0.39, 0.29) is 5.91 Å². The number of carbonyl (C=O) groups excluding carboxylic acids is 1. The Kier molecular flexibility index (Phi) is 5.58. The van der Waals surface area contributed by atoms with Crippen LogP contribution in [0.15, 0.2) is 68.6 Å². The van der Waals surface area contributed by atoms with Crippen LogP contribution in [0.4, 0.5) is 0 Å². The van der Waals surface area contributed by atoms with Crippen molar-refractivity contribution < 1.29 is 9.21 Å². The van der Waals surface area contributed by atoms with E-state index in [9.17, 15) is 4.79 Å². The third-order valence-corrected chi connectivity index (χ3v) is 4.32. The van der Waals surface area contributed by atoms with Gasteiger partial charge in [-0.15, -0.1) is 0 Å². The minimum Gasteiger partial charge on any atom is -0.455 e. The van der Waals surface area contributed by atoms with Crippen molar-refractivity contribution in [3.63, 3.8) is 0 Å². The van der Waals surface area contributed by atoms with Crippen molar-refractivity contribution in [1.29, 1.82) is 0 Å². The van der Waals surface area contributed by atoms with Crippen molar-refractivity contribution in [2.45, 2.75) is 0 Å². The summed E-state index contributed by atoms with van der Waals surface area (Å²) in [5, 5.41) is 5.00. The van der Waals surface area contributed by atoms with Crippen LogP contribution in [0.1, 0.15) is 16.1 Å². The van der Waals surface area contributed by atoms with Crippen LogP contribution in [0.2, 0.25) is 10.0 Å². The summed E-state index contributed by atoms with van der Waals surface area (Å²) in [5.74, 6) is 0.718. The predicted octanol–water partition coefficient (Wildman–Crippen LogP) is 5.78. The third-order valence-electron chi connectivity index (χ3n) is 3.27. The van der Waals surface area contributed by atoms with E-state index in [1.165, 1.54) is 6.21 Å². The second-order valence-electron chi connectivity index (χ2n) is 5.04. The second kappa shape index (κ2) is 7.87. The van der Waals surface area contributed by atoms with Gasteiger partial charge < -0.3 is 4.42 Å². The number of hydrogen-bond donors (Lipinski definition) is 1. The van der Waals surface area contributed by atoms with Gasteiger partial charge in [-0.1, -0.05) is 45.2 Å². The fraction of sp³-hybridized carbons (Fsp3) is 0. The zero-order valence-electron chi connectivity index (χ0n) is 12.7. The van der Waals surface area contributed by atoms with Crippen LogP contribution >= 0.6 is 39.1 Å². The van der Waals surface area contributed by atoms with Crippen molar-refractivity contribution >= 4 is 51.3 Å². The molecule has 7 heteroatoms. The van der Waals surface area contributed by atoms with Crippen LogP contribution in [0.3, 0.4) is 0 Å². The Morgan fingerprint density at radius 2 is 1.96 bits per heavy atom. The highest BCUT2D eigenvalue weighted by atomic mass is 79.9. The van der Waals surface area contributed by atoms with Gasteiger partial charge in [-0.3, -0.25) is 4.79 Å². The molecule has 0 aliphatic carbocycles. The van der Waals surface area contributed by atoms with E-state index in [0.717, 1.165) is 4.47 Å². The summed E-state index contributed by atoms with van der Waals surface area (Å²) in [6, 6.07) is 15.6. The first kappa shape index (κ1) is 17.7. The molecule has 1 N–H and O–H groups in total. The summed E-state index contributed by atoms with van der Waals surface area (Å²) in [6.07, 6.45) is 1.41. The Morgan fingerprint density at radius 3 is 2.76 bits per heavy atom. The van der Waals surface area contributed by atoms with Crippen LogP contribution in [-0.4, -0.2) is 12.1 Å². The first-order chi connectivity index (χ1) is 12.0. The maximum Gasteiger partial charge on any atom is 0.271 e. The Labute approximate surface area is 162 Å². The van der Waals surface area contributed by atoms with Crippen LogP contribution in [0.25, 0.3) is 11.3 Å². The zero-order valence-corrected chi connectivity index (χ0v) is 15.8. The molecule has 4 nitrogen and oxygen atoms in total. The number of furan rings is 1. The molecule has 0 bridgehead atoms. The molecule has 2 aromatic carbocycles. The molecule has 3 rings (SSSR count). The van der Waals surface area contributed by atoms with E-state index < -0.39 is 0 Å². The average Bonchev–Trinajstić information content (AvgIpc) is 3.05. The molecule has 0 fully saturated rings. The van der Waals surface area contributed by atoms with Crippen LogP contribution in [0, 0.1) is 0 Å². The Balaban J connectivity index is 1.70. The molecule has 0 unspecified atom stereocenters. The molecule has 0 radical (unpaired) electrons. The first-order valence-electron chi connectivity index (χ1n) is 7.17. The van der Waals surface area contributed by atoms with Gasteiger partial charge in [0, 0.05) is 20.6 Å². The number of benzene rings is 2. The monoisotopic (exact) mass is 436 g/mol. The number of halogens is 3. The summed E-state index contributed by atoms with van der Waals surface area (Å²) in [4.78, 5) is 12.0. The number of nitrogens with zero attached hydrogens (tertiary/aromatic N) is 1. The van der Waals surface area contributed by atoms with Gasteiger partial charge in [0.05, 0.1) is 11.2 Å². The van der Waals surface area contributed by atoms with Crippen LogP contribution < -0.4 is 5.43 Å². The minimum atomic E-state index is -0.317. The zero-order chi connectivity index (χ0) is 17.8. The molecular weight excluding hydrogens is 427 g/mol. The minimum absolute atomic E-state index is 0.317. The number of amides is 1. The Hall–Kier alpha value is -2.08. The molecule has 0 aliphatic rings. The smallest absolute Gasteiger partial charge is 0.271 e. The fourth-order valence-electron chi connectivity index (χ4n) is 2.10. The van der Waals surface area contributed by atoms with Crippen molar-refractivity contribution in [1.82, 2.24) is 5.43 Å². The molecule has 1 amide bonds. The van der Waals surface area contributed by atoms with Crippen molar-refractivity contribution in [2.24, 2.45) is 5.10 Å². The van der Waals surface area contributed by atoms with E-state index in [4.69, 9.17) is 27.6 Å². The van der Waals surface area contributed by atoms with E-state index in [0.29, 0.717) is 32.7 Å². The van der Waals surface area contributed by atoms with Crippen LogP contribution in [-0.2, 0) is 0 Å². The summed E-state index contributed by atoms with van der Waals surface area (Å²) in [7, 11) is 0. The molecule has 3 aromatic rings. The van der Waals surface area contributed by atoms with Gasteiger partial charge in [0.1, 0.15) is 11.5 Å². The molecule has 0 aliphatic heterocycles. The summed E-state index contributed by atoms with van der Waals surface area (Å²) < 4.78 is 6.48. The maximum absolute atomic E-state index is 12.0. The molecule has 0 atom stereocenters. The Morgan fingerprint density at radius 1 is 1.12 bits per heavy atom. The van der Waals surface area contributed by atoms with E-state index >= 15 is 0 Å². The summed E-state index contributed by atoms with van der Waals surface area (Å²) in [5.41, 5.74) is 3.63. The topological polar surface area (TPSA) is 54.6 Å². The number of nitrogens with one attached hydrogen (secondary N) is 1. The van der Waals surface area contributed by atoms with E-state index in [1.807, 2.05) is 6.07 Å². The van der Waals surface area contributed by atoms with Gasteiger partial charge >= 0.3 is 0 Å². The lowest BCUT2D eigenvalue weighted by Gasteiger charge is -2.01. The number of hydrazone groups is 1. The van der Waals surface area contributed by atoms with E-state index in [1.54, 1.807) is 48.5 Å². The number of hydrogen-bond acceptors (Lipinski definition) is 3. The van der Waals surface area contributed by atoms with E-state index in [2.05, 4.69) is 26.5 Å². The highest BCUT2D eigenvalue weighted by Gasteiger charge is 2.09. The quantitative estimate of drug-likeness (QED) is 0.415. The average molecular weight is 438 g/mol. The number of rotatable bonds is 4. The maximum atomic E-state index is 12.0. The predicted molar refractivity (Wildman–Crippen MR) is 103 cm³/mol. The fourth-order valence-corrected chi connectivity index (χ4v) is 2.88. The molecule has 1 aromatic heterocycles. The van der Waals surface area contributed by atoms with Gasteiger partial charge in [0.2, 0.25) is 0 Å². The van der Waals surface area contributed by atoms with Crippen molar-refractivity contribution in [3.8, 4) is 11.3 Å². The van der Waals surface area contributed by atoms with Crippen molar-refractivity contribution in [2.75, 3.05) is 0 Å². The van der Waals surface area contributed by atoms with Gasteiger partial charge in [-0.2, -0.15) is 5.10 Å². The van der Waals surface area contributed by atoms with Crippen LogP contribution in [0.5, 0.6) is 0 Å². The largest absolute Gasteiger partial charge is 0.455 e. The lowest BCUT2D eigenvalue weighted by molar-refractivity contribution is 0.0955. The molecule has 0 saturated carbocycles. The van der Waals surface area contributed by atoms with Gasteiger partial charge in [-0.25, -0.2) is 5.43 Å². The normalized spacial score (nSPS) is 11.0. The van der Waals surface area contributed by atoms with Gasteiger partial charge in [0.25, 0.3) is 5.91 Å². The molecule has 126 valence electrons. The van der Waals surface area contributed by atoms with Gasteiger partial charge in [-0.05, 0) is 48.5 Å². The lowest BCUT2D eigenvalue weighted by atomic mass is 10.2. The van der Waals surface area contributed by atoms with Crippen molar-refractivity contribution in [3.05, 3.63) is 80.4 Å². The number of carbonyl (C=O) groups is 1. The summed E-state index contributed by atoms with van der Waals surface area (Å²) in [6.45, 7) is 0. The molecule has 1 heterocycles. The Bertz CT molecular complexity index is 954. The van der Waals surface area contributed by atoms with Gasteiger partial charge in [0.15, 0.2) is 0 Å². The highest BCUT2D eigenvalue weighted by molar-refractivity contribution is 9.10. The standard InChI is InChI=1S/C18H11BrCl2N2O2/c19-12-3-1-2-11(8-12)18(24)23-22-10-14-5-7-17(25-14)15-9-13(20)4-6-16(15)21/h1-10H,(H,23,24). The lowest BCUT2D eigenvalue weighted by Crippen LogP contribution is -2.17. The first-order valence-corrected chi connectivity index (χ1v) is 8.72. The summed E-state index contributed by atoms with van der Waals surface area (Å²) >= 11 is 15.5. The SMILES string of the molecule is O=C(NN=Cc1ccc(-c2cc(Cl)ccc2Cl)o1)c1cccc(Br)c1. The molecule has 0 spiro atoms.